The van der Waals surface area contributed by atoms with Crippen LogP contribution < -0.4 is 0 Å². The summed E-state index contributed by atoms with van der Waals surface area (Å²) in [4.78, 5) is 10.4. The van der Waals surface area contributed by atoms with E-state index >= 15 is 0 Å². The van der Waals surface area contributed by atoms with E-state index in [4.69, 9.17) is 4.52 Å². The molecule has 0 radical (unpaired) electrons. The number of nitro groups is 1. The summed E-state index contributed by atoms with van der Waals surface area (Å²) < 4.78 is 7.19. The Morgan fingerprint density at radius 1 is 1.35 bits per heavy atom. The van der Waals surface area contributed by atoms with Crippen LogP contribution in [0.1, 0.15) is 17.0 Å². The van der Waals surface area contributed by atoms with Gasteiger partial charge < -0.3 is 9.09 Å². The summed E-state index contributed by atoms with van der Waals surface area (Å²) in [6, 6.07) is 6.75. The molecule has 0 atom stereocenters. The average Bonchev–Trinajstić information content (AvgIpc) is 2.97. The first-order chi connectivity index (χ1) is 9.56. The fourth-order valence-corrected chi connectivity index (χ4v) is 2.34. The number of non-ortho nitro benzene ring substituents is 1. The number of nitrogens with zero attached hydrogens (tertiary/aromatic N) is 3. The molecule has 0 fully saturated rings. The maximum Gasteiger partial charge on any atom is 0.270 e. The van der Waals surface area contributed by atoms with E-state index in [0.717, 1.165) is 27.9 Å². The Labute approximate surface area is 114 Å². The van der Waals surface area contributed by atoms with Gasteiger partial charge in [0, 0.05) is 34.8 Å². The molecule has 0 spiro atoms. The van der Waals surface area contributed by atoms with Gasteiger partial charge in [0.1, 0.15) is 5.76 Å². The third kappa shape index (κ3) is 1.95. The van der Waals surface area contributed by atoms with Crippen molar-refractivity contribution in [1.82, 2.24) is 9.72 Å². The lowest BCUT2D eigenvalue weighted by molar-refractivity contribution is -0.384. The Bertz CT molecular complexity index is 782. The van der Waals surface area contributed by atoms with Crippen LogP contribution in [0.2, 0.25) is 0 Å². The molecule has 0 saturated heterocycles. The van der Waals surface area contributed by atoms with E-state index in [0.29, 0.717) is 6.54 Å². The number of hydrogen-bond donors (Lipinski definition) is 0. The van der Waals surface area contributed by atoms with Gasteiger partial charge in [-0.2, -0.15) is 0 Å². The van der Waals surface area contributed by atoms with Gasteiger partial charge in [0.05, 0.1) is 17.2 Å². The van der Waals surface area contributed by atoms with E-state index in [1.807, 2.05) is 30.7 Å². The van der Waals surface area contributed by atoms with Gasteiger partial charge in [0.25, 0.3) is 5.69 Å². The molecule has 20 heavy (non-hydrogen) atoms. The highest BCUT2D eigenvalue weighted by molar-refractivity contribution is 5.82. The topological polar surface area (TPSA) is 74.1 Å². The summed E-state index contributed by atoms with van der Waals surface area (Å²) in [5.41, 5.74) is 2.97. The maximum atomic E-state index is 10.8. The van der Waals surface area contributed by atoms with Gasteiger partial charge >= 0.3 is 0 Å². The molecule has 3 rings (SSSR count). The zero-order valence-corrected chi connectivity index (χ0v) is 11.2. The fourth-order valence-electron chi connectivity index (χ4n) is 2.34. The van der Waals surface area contributed by atoms with Crippen LogP contribution in [0.5, 0.6) is 0 Å². The van der Waals surface area contributed by atoms with Crippen molar-refractivity contribution in [3.63, 3.8) is 0 Å². The Morgan fingerprint density at radius 3 is 2.80 bits per heavy atom. The largest absolute Gasteiger partial charge is 0.361 e. The predicted molar refractivity (Wildman–Crippen MR) is 73.7 cm³/mol. The fraction of sp³-hybridized carbons (Fsp3) is 0.214. The molecule has 0 aliphatic heterocycles. The second-order valence-corrected chi connectivity index (χ2v) is 4.75. The van der Waals surface area contributed by atoms with Crippen LogP contribution in [0.25, 0.3) is 10.9 Å². The highest BCUT2D eigenvalue weighted by Gasteiger charge is 2.12. The van der Waals surface area contributed by atoms with Crippen molar-refractivity contribution in [2.24, 2.45) is 0 Å². The molecule has 2 heterocycles. The minimum atomic E-state index is -0.384. The Hall–Kier alpha value is -2.63. The second kappa shape index (κ2) is 4.48. The van der Waals surface area contributed by atoms with Crippen LogP contribution in [0.15, 0.2) is 35.0 Å². The number of nitro benzene ring substituents is 1. The third-order valence-corrected chi connectivity index (χ3v) is 3.48. The van der Waals surface area contributed by atoms with Crippen LogP contribution in [-0.2, 0) is 6.54 Å². The van der Waals surface area contributed by atoms with Gasteiger partial charge in [-0.05, 0) is 26.0 Å². The highest BCUT2D eigenvalue weighted by atomic mass is 16.6. The number of rotatable bonds is 3. The minimum Gasteiger partial charge on any atom is -0.361 e. The molecule has 0 aliphatic carbocycles. The molecule has 0 amide bonds. The monoisotopic (exact) mass is 271 g/mol. The zero-order chi connectivity index (χ0) is 14.3. The first-order valence-corrected chi connectivity index (χ1v) is 6.21. The first-order valence-electron chi connectivity index (χ1n) is 6.21. The van der Waals surface area contributed by atoms with Crippen LogP contribution in [0.4, 0.5) is 5.69 Å². The first kappa shape index (κ1) is 12.4. The summed E-state index contributed by atoms with van der Waals surface area (Å²) in [6.45, 7) is 4.43. The molecule has 0 aliphatic rings. The molecular weight excluding hydrogens is 258 g/mol. The van der Waals surface area contributed by atoms with Crippen molar-refractivity contribution in [1.29, 1.82) is 0 Å². The zero-order valence-electron chi connectivity index (χ0n) is 11.2. The summed E-state index contributed by atoms with van der Waals surface area (Å²) >= 11 is 0. The van der Waals surface area contributed by atoms with Crippen molar-refractivity contribution < 1.29 is 9.45 Å². The minimum absolute atomic E-state index is 0.104. The van der Waals surface area contributed by atoms with Gasteiger partial charge in [-0.3, -0.25) is 10.1 Å². The second-order valence-electron chi connectivity index (χ2n) is 4.75. The molecule has 0 unspecified atom stereocenters. The van der Waals surface area contributed by atoms with Gasteiger partial charge in [-0.25, -0.2) is 0 Å². The summed E-state index contributed by atoms with van der Waals surface area (Å²) in [5, 5.41) is 15.6. The number of aromatic nitrogens is 2. The summed E-state index contributed by atoms with van der Waals surface area (Å²) in [6.07, 6.45) is 1.92. The normalized spacial score (nSPS) is 11.1. The van der Waals surface area contributed by atoms with E-state index in [1.54, 1.807) is 12.1 Å². The van der Waals surface area contributed by atoms with E-state index in [-0.39, 0.29) is 10.6 Å². The van der Waals surface area contributed by atoms with Gasteiger partial charge in [-0.1, -0.05) is 5.16 Å². The van der Waals surface area contributed by atoms with E-state index < -0.39 is 0 Å². The molecular formula is C14H13N3O3. The van der Waals surface area contributed by atoms with Crippen LogP contribution in [0.3, 0.4) is 0 Å². The SMILES string of the molecule is Cc1noc(C)c1Cn1ccc2cc([N+](=O)[O-])ccc21. The summed E-state index contributed by atoms with van der Waals surface area (Å²) in [5.74, 6) is 0.797. The highest BCUT2D eigenvalue weighted by Crippen LogP contribution is 2.24. The van der Waals surface area contributed by atoms with Crippen LogP contribution >= 0.6 is 0 Å². The van der Waals surface area contributed by atoms with E-state index in [9.17, 15) is 10.1 Å². The van der Waals surface area contributed by atoms with E-state index in [2.05, 4.69) is 5.16 Å². The van der Waals surface area contributed by atoms with Gasteiger partial charge in [0.15, 0.2) is 0 Å². The molecule has 3 aromatic rings. The van der Waals surface area contributed by atoms with Crippen molar-refractivity contribution >= 4 is 16.6 Å². The smallest absolute Gasteiger partial charge is 0.270 e. The number of fused-ring (bicyclic) bond motifs is 1. The molecule has 1 aromatic carbocycles. The number of benzene rings is 1. The Morgan fingerprint density at radius 2 is 2.15 bits per heavy atom. The molecule has 0 bridgehead atoms. The number of aryl methyl sites for hydroxylation is 2. The van der Waals surface area contributed by atoms with Gasteiger partial charge in [-0.15, -0.1) is 0 Å². The molecule has 6 nitrogen and oxygen atoms in total. The lowest BCUT2D eigenvalue weighted by atomic mass is 10.2. The van der Waals surface area contributed by atoms with Crippen molar-refractivity contribution in [3.05, 3.63) is 57.6 Å². The van der Waals surface area contributed by atoms with E-state index in [1.165, 1.54) is 6.07 Å². The summed E-state index contributed by atoms with van der Waals surface area (Å²) in [7, 11) is 0. The molecule has 102 valence electrons. The predicted octanol–water partition coefficient (Wildman–Crippen LogP) is 3.20. The molecule has 0 N–H and O–H groups in total. The molecule has 2 aromatic heterocycles. The van der Waals surface area contributed by atoms with Crippen molar-refractivity contribution in [3.8, 4) is 0 Å². The van der Waals surface area contributed by atoms with Crippen molar-refractivity contribution in [2.75, 3.05) is 0 Å². The Kier molecular flexibility index (Phi) is 2.78. The average molecular weight is 271 g/mol. The van der Waals surface area contributed by atoms with Gasteiger partial charge in [0.2, 0.25) is 0 Å². The third-order valence-electron chi connectivity index (χ3n) is 3.48. The quantitative estimate of drug-likeness (QED) is 0.541. The lowest BCUT2D eigenvalue weighted by Crippen LogP contribution is -2.00. The Balaban J connectivity index is 2.03. The maximum absolute atomic E-state index is 10.8. The molecule has 0 saturated carbocycles. The van der Waals surface area contributed by atoms with Crippen LogP contribution in [-0.4, -0.2) is 14.6 Å². The standard InChI is InChI=1S/C14H13N3O3/c1-9-13(10(2)20-15-9)8-16-6-5-11-7-12(17(18)19)3-4-14(11)16/h3-7H,8H2,1-2H3. The van der Waals surface area contributed by atoms with Crippen molar-refractivity contribution in [2.45, 2.75) is 20.4 Å². The number of hydrogen-bond acceptors (Lipinski definition) is 4. The van der Waals surface area contributed by atoms with Crippen LogP contribution in [0, 0.1) is 24.0 Å². The lowest BCUT2D eigenvalue weighted by Gasteiger charge is -2.04. The molecule has 6 heteroatoms.